The van der Waals surface area contributed by atoms with Crippen LogP contribution in [0.1, 0.15) is 18.5 Å². The van der Waals surface area contributed by atoms with Crippen molar-refractivity contribution >= 4 is 11.3 Å². The Balaban J connectivity index is 1.65. The highest BCUT2D eigenvalue weighted by molar-refractivity contribution is 7.13. The zero-order chi connectivity index (χ0) is 13.8. The molecule has 1 unspecified atom stereocenters. The lowest BCUT2D eigenvalue weighted by atomic mass is 9.98. The van der Waals surface area contributed by atoms with Crippen molar-refractivity contribution in [3.63, 3.8) is 0 Å². The lowest BCUT2D eigenvalue weighted by molar-refractivity contribution is 0.169. The molecule has 0 saturated carbocycles. The second-order valence-electron chi connectivity index (χ2n) is 5.34. The van der Waals surface area contributed by atoms with Crippen molar-refractivity contribution in [3.8, 4) is 10.7 Å². The number of rotatable bonds is 4. The minimum Gasteiger partial charge on any atom is -0.330 e. The van der Waals surface area contributed by atoms with Crippen LogP contribution in [0.15, 0.2) is 29.8 Å². The molecule has 3 heterocycles. The number of hydrogen-bond donors (Lipinski definition) is 1. The van der Waals surface area contributed by atoms with Crippen LogP contribution in [-0.2, 0) is 6.54 Å². The van der Waals surface area contributed by atoms with Crippen molar-refractivity contribution in [3.05, 3.63) is 35.5 Å². The SMILES string of the molecule is NCC1CCCN(Cc2csc(-c3ccccn3)n2)C1. The summed E-state index contributed by atoms with van der Waals surface area (Å²) in [4.78, 5) is 11.5. The number of thiazole rings is 1. The third-order valence-electron chi connectivity index (χ3n) is 3.76. The molecule has 106 valence electrons. The van der Waals surface area contributed by atoms with Gasteiger partial charge in [-0.15, -0.1) is 11.3 Å². The molecule has 2 aromatic rings. The summed E-state index contributed by atoms with van der Waals surface area (Å²) < 4.78 is 0. The molecule has 5 heteroatoms. The van der Waals surface area contributed by atoms with Crippen LogP contribution in [0.25, 0.3) is 10.7 Å². The summed E-state index contributed by atoms with van der Waals surface area (Å²) in [5.74, 6) is 0.651. The maximum Gasteiger partial charge on any atom is 0.142 e. The van der Waals surface area contributed by atoms with Gasteiger partial charge in [-0.1, -0.05) is 6.07 Å². The van der Waals surface area contributed by atoms with Crippen LogP contribution >= 0.6 is 11.3 Å². The molecule has 0 aliphatic carbocycles. The first-order valence-electron chi connectivity index (χ1n) is 7.13. The fourth-order valence-electron chi connectivity index (χ4n) is 2.70. The fraction of sp³-hybridized carbons (Fsp3) is 0.467. The number of piperidine rings is 1. The smallest absolute Gasteiger partial charge is 0.142 e. The molecule has 0 bridgehead atoms. The molecule has 1 aliphatic heterocycles. The van der Waals surface area contributed by atoms with E-state index >= 15 is 0 Å². The third kappa shape index (κ3) is 3.23. The molecular weight excluding hydrogens is 268 g/mol. The summed E-state index contributed by atoms with van der Waals surface area (Å²) in [6.45, 7) is 3.99. The average Bonchev–Trinajstić information content (AvgIpc) is 2.97. The number of hydrogen-bond acceptors (Lipinski definition) is 5. The number of likely N-dealkylation sites (tertiary alicyclic amines) is 1. The van der Waals surface area contributed by atoms with Gasteiger partial charge >= 0.3 is 0 Å². The topological polar surface area (TPSA) is 55.0 Å². The fourth-order valence-corrected chi connectivity index (χ4v) is 3.49. The molecule has 1 saturated heterocycles. The predicted molar refractivity (Wildman–Crippen MR) is 82.4 cm³/mol. The van der Waals surface area contributed by atoms with Gasteiger partial charge in [-0.25, -0.2) is 4.98 Å². The van der Waals surface area contributed by atoms with Gasteiger partial charge in [0.25, 0.3) is 0 Å². The second kappa shape index (κ2) is 6.43. The molecule has 2 N–H and O–H groups in total. The Morgan fingerprint density at radius 2 is 2.35 bits per heavy atom. The lowest BCUT2D eigenvalue weighted by Gasteiger charge is -2.31. The van der Waals surface area contributed by atoms with E-state index in [1.54, 1.807) is 11.3 Å². The van der Waals surface area contributed by atoms with Gasteiger partial charge in [0, 0.05) is 24.7 Å². The highest BCUT2D eigenvalue weighted by Gasteiger charge is 2.19. The quantitative estimate of drug-likeness (QED) is 0.938. The van der Waals surface area contributed by atoms with E-state index in [1.807, 2.05) is 24.4 Å². The Kier molecular flexibility index (Phi) is 4.40. The molecule has 0 radical (unpaired) electrons. The van der Waals surface area contributed by atoms with E-state index in [0.717, 1.165) is 42.6 Å². The zero-order valence-electron chi connectivity index (χ0n) is 11.5. The molecule has 2 aromatic heterocycles. The van der Waals surface area contributed by atoms with E-state index in [4.69, 9.17) is 10.7 Å². The van der Waals surface area contributed by atoms with Crippen molar-refractivity contribution < 1.29 is 0 Å². The molecule has 0 aromatic carbocycles. The van der Waals surface area contributed by atoms with Crippen molar-refractivity contribution in [2.75, 3.05) is 19.6 Å². The van der Waals surface area contributed by atoms with Gasteiger partial charge in [0.05, 0.1) is 11.4 Å². The van der Waals surface area contributed by atoms with E-state index in [1.165, 1.54) is 12.8 Å². The zero-order valence-corrected chi connectivity index (χ0v) is 12.4. The molecule has 0 amide bonds. The summed E-state index contributed by atoms with van der Waals surface area (Å²) in [6, 6.07) is 5.94. The Bertz CT molecular complexity index is 540. The van der Waals surface area contributed by atoms with Gasteiger partial charge in [0.1, 0.15) is 5.01 Å². The first-order chi connectivity index (χ1) is 9.85. The van der Waals surface area contributed by atoms with Gasteiger partial charge in [-0.3, -0.25) is 9.88 Å². The Hall–Kier alpha value is -1.30. The summed E-state index contributed by atoms with van der Waals surface area (Å²) in [7, 11) is 0. The van der Waals surface area contributed by atoms with Crippen molar-refractivity contribution in [2.45, 2.75) is 19.4 Å². The molecule has 0 spiro atoms. The van der Waals surface area contributed by atoms with Crippen LogP contribution in [0.5, 0.6) is 0 Å². The van der Waals surface area contributed by atoms with Crippen molar-refractivity contribution in [1.29, 1.82) is 0 Å². The third-order valence-corrected chi connectivity index (χ3v) is 4.67. The minimum atomic E-state index is 0.651. The standard InChI is InChI=1S/C15H20N4S/c16-8-12-4-3-7-19(9-12)10-13-11-20-15(18-13)14-5-1-2-6-17-14/h1-2,5-6,11-12H,3-4,7-10,16H2. The van der Waals surface area contributed by atoms with Crippen LogP contribution in [0.2, 0.25) is 0 Å². The van der Waals surface area contributed by atoms with Crippen LogP contribution in [0.4, 0.5) is 0 Å². The number of nitrogens with zero attached hydrogens (tertiary/aromatic N) is 3. The summed E-state index contributed by atoms with van der Waals surface area (Å²) >= 11 is 1.67. The number of pyridine rings is 1. The highest BCUT2D eigenvalue weighted by Crippen LogP contribution is 2.23. The lowest BCUT2D eigenvalue weighted by Crippen LogP contribution is -2.37. The summed E-state index contributed by atoms with van der Waals surface area (Å²) in [5, 5.41) is 3.16. The Morgan fingerprint density at radius 3 is 3.15 bits per heavy atom. The molecule has 4 nitrogen and oxygen atoms in total. The molecule has 1 atom stereocenters. The first-order valence-corrected chi connectivity index (χ1v) is 8.01. The highest BCUT2D eigenvalue weighted by atomic mass is 32.1. The largest absolute Gasteiger partial charge is 0.330 e. The van der Waals surface area contributed by atoms with Crippen LogP contribution in [-0.4, -0.2) is 34.5 Å². The van der Waals surface area contributed by atoms with Crippen LogP contribution in [0, 0.1) is 5.92 Å². The Labute approximate surface area is 123 Å². The van der Waals surface area contributed by atoms with Crippen LogP contribution < -0.4 is 5.73 Å². The monoisotopic (exact) mass is 288 g/mol. The molecular formula is C15H20N4S. The van der Waals surface area contributed by atoms with E-state index in [-0.39, 0.29) is 0 Å². The minimum absolute atomic E-state index is 0.651. The summed E-state index contributed by atoms with van der Waals surface area (Å²) in [6.07, 6.45) is 4.33. The van der Waals surface area contributed by atoms with Crippen LogP contribution in [0.3, 0.4) is 0 Å². The predicted octanol–water partition coefficient (Wildman–Crippen LogP) is 2.38. The van der Waals surface area contributed by atoms with Crippen molar-refractivity contribution in [1.82, 2.24) is 14.9 Å². The van der Waals surface area contributed by atoms with E-state index in [0.29, 0.717) is 5.92 Å². The Morgan fingerprint density at radius 1 is 1.40 bits per heavy atom. The van der Waals surface area contributed by atoms with Gasteiger partial charge in [-0.05, 0) is 44.0 Å². The summed E-state index contributed by atoms with van der Waals surface area (Å²) in [5.41, 5.74) is 7.90. The number of nitrogens with two attached hydrogens (primary N) is 1. The van der Waals surface area contributed by atoms with Gasteiger partial charge < -0.3 is 5.73 Å². The van der Waals surface area contributed by atoms with E-state index in [2.05, 4.69) is 15.3 Å². The number of aromatic nitrogens is 2. The molecule has 3 rings (SSSR count). The average molecular weight is 288 g/mol. The van der Waals surface area contributed by atoms with Gasteiger partial charge in [0.2, 0.25) is 0 Å². The molecule has 1 aliphatic rings. The van der Waals surface area contributed by atoms with Gasteiger partial charge in [-0.2, -0.15) is 0 Å². The normalized spacial score (nSPS) is 20.1. The molecule has 20 heavy (non-hydrogen) atoms. The first kappa shape index (κ1) is 13.7. The molecule has 1 fully saturated rings. The van der Waals surface area contributed by atoms with Gasteiger partial charge in [0.15, 0.2) is 0 Å². The van der Waals surface area contributed by atoms with E-state index < -0.39 is 0 Å². The maximum atomic E-state index is 5.79. The second-order valence-corrected chi connectivity index (χ2v) is 6.20. The maximum absolute atomic E-state index is 5.79. The van der Waals surface area contributed by atoms with Crippen molar-refractivity contribution in [2.24, 2.45) is 11.7 Å². The van der Waals surface area contributed by atoms with E-state index in [9.17, 15) is 0 Å².